The number of hydrogen-bond acceptors (Lipinski definition) is 2. The van der Waals surface area contributed by atoms with Gasteiger partial charge in [-0.25, -0.2) is 0 Å². The van der Waals surface area contributed by atoms with Crippen molar-refractivity contribution in [1.82, 2.24) is 0 Å². The maximum atomic E-state index is 11.8. The molecule has 15 heavy (non-hydrogen) atoms. The van der Waals surface area contributed by atoms with E-state index in [1.54, 1.807) is 0 Å². The van der Waals surface area contributed by atoms with E-state index >= 15 is 0 Å². The van der Waals surface area contributed by atoms with Crippen LogP contribution >= 0.6 is 0 Å². The molecule has 0 aromatic heterocycles. The lowest BCUT2D eigenvalue weighted by Crippen LogP contribution is -2.03. The van der Waals surface area contributed by atoms with Gasteiger partial charge in [-0.3, -0.25) is 4.79 Å². The molecule has 1 aromatic rings. The quantitative estimate of drug-likeness (QED) is 0.756. The third-order valence-electron chi connectivity index (χ3n) is 2.79. The molecule has 0 heterocycles. The first-order valence-corrected chi connectivity index (χ1v) is 5.52. The Balaban J connectivity index is 2.23. The Kier molecular flexibility index (Phi) is 2.76. The van der Waals surface area contributed by atoms with Crippen LogP contribution in [0.1, 0.15) is 36.2 Å². The molecular formula is C13H16O2. The lowest BCUT2D eigenvalue weighted by molar-refractivity contribution is 0.0946. The lowest BCUT2D eigenvalue weighted by atomic mass is 10.1. The Labute approximate surface area is 90.3 Å². The molecule has 0 fully saturated rings. The molecule has 1 atom stereocenters. The minimum Gasteiger partial charge on any atom is -0.494 e. The van der Waals surface area contributed by atoms with Crippen molar-refractivity contribution in [3.63, 3.8) is 0 Å². The molecule has 0 saturated carbocycles. The molecule has 80 valence electrons. The lowest BCUT2D eigenvalue weighted by Gasteiger charge is -2.05. The molecule has 0 spiro atoms. The van der Waals surface area contributed by atoms with E-state index in [4.69, 9.17) is 4.74 Å². The van der Waals surface area contributed by atoms with Gasteiger partial charge in [-0.2, -0.15) is 0 Å². The molecule has 1 aliphatic carbocycles. The van der Waals surface area contributed by atoms with Gasteiger partial charge in [-0.05, 0) is 30.5 Å². The molecule has 1 aromatic carbocycles. The van der Waals surface area contributed by atoms with Crippen LogP contribution in [0.5, 0.6) is 5.75 Å². The first-order chi connectivity index (χ1) is 7.22. The van der Waals surface area contributed by atoms with Crippen LogP contribution in [0.3, 0.4) is 0 Å². The molecule has 0 N–H and O–H groups in total. The fourth-order valence-electron chi connectivity index (χ4n) is 1.96. The first-order valence-electron chi connectivity index (χ1n) is 5.52. The van der Waals surface area contributed by atoms with E-state index in [-0.39, 0.29) is 11.7 Å². The van der Waals surface area contributed by atoms with E-state index in [1.165, 1.54) is 0 Å². The van der Waals surface area contributed by atoms with Gasteiger partial charge in [0.15, 0.2) is 5.78 Å². The summed E-state index contributed by atoms with van der Waals surface area (Å²) >= 11 is 0. The van der Waals surface area contributed by atoms with E-state index in [1.807, 2.05) is 25.1 Å². The van der Waals surface area contributed by atoms with Crippen molar-refractivity contribution in [2.45, 2.75) is 26.7 Å². The van der Waals surface area contributed by atoms with E-state index in [9.17, 15) is 4.79 Å². The van der Waals surface area contributed by atoms with Crippen molar-refractivity contribution < 1.29 is 9.53 Å². The normalized spacial score (nSPS) is 19.1. The smallest absolute Gasteiger partial charge is 0.166 e. The third-order valence-corrected chi connectivity index (χ3v) is 2.79. The minimum absolute atomic E-state index is 0.140. The zero-order valence-electron chi connectivity index (χ0n) is 9.25. The number of carbonyl (C=O) groups excluding carboxylic acids is 1. The highest BCUT2D eigenvalue weighted by molar-refractivity contribution is 6.02. The van der Waals surface area contributed by atoms with Gasteiger partial charge in [0, 0.05) is 11.5 Å². The van der Waals surface area contributed by atoms with Gasteiger partial charge in [0.1, 0.15) is 5.75 Å². The topological polar surface area (TPSA) is 26.3 Å². The van der Waals surface area contributed by atoms with Crippen molar-refractivity contribution in [3.8, 4) is 5.75 Å². The SMILES string of the molecule is CCCOc1ccc2c(c1)C(=O)C(C)C2. The average molecular weight is 204 g/mol. The maximum absolute atomic E-state index is 11.8. The monoisotopic (exact) mass is 204 g/mol. The summed E-state index contributed by atoms with van der Waals surface area (Å²) in [6, 6.07) is 5.86. The number of Topliss-reactive ketones (excluding diaryl/α,β-unsaturated/α-hetero) is 1. The van der Waals surface area contributed by atoms with Crippen LogP contribution in [0.2, 0.25) is 0 Å². The van der Waals surface area contributed by atoms with Crippen molar-refractivity contribution in [2.75, 3.05) is 6.61 Å². The number of carbonyl (C=O) groups is 1. The van der Waals surface area contributed by atoms with Crippen molar-refractivity contribution >= 4 is 5.78 Å². The summed E-state index contributed by atoms with van der Waals surface area (Å²) in [5.41, 5.74) is 2.02. The molecule has 0 aliphatic heterocycles. The van der Waals surface area contributed by atoms with Crippen LogP contribution in [0.15, 0.2) is 18.2 Å². The zero-order valence-corrected chi connectivity index (χ0v) is 9.25. The molecule has 2 rings (SSSR count). The van der Waals surface area contributed by atoms with Crippen LogP contribution < -0.4 is 4.74 Å². The van der Waals surface area contributed by atoms with Crippen LogP contribution in [-0.2, 0) is 6.42 Å². The summed E-state index contributed by atoms with van der Waals surface area (Å²) in [6.07, 6.45) is 1.86. The molecule has 0 bridgehead atoms. The highest BCUT2D eigenvalue weighted by Crippen LogP contribution is 2.29. The predicted octanol–water partition coefficient (Wildman–Crippen LogP) is 2.85. The van der Waals surface area contributed by atoms with Gasteiger partial charge in [0.25, 0.3) is 0 Å². The third kappa shape index (κ3) is 1.89. The van der Waals surface area contributed by atoms with Crippen molar-refractivity contribution in [2.24, 2.45) is 5.92 Å². The predicted molar refractivity (Wildman–Crippen MR) is 59.4 cm³/mol. The molecule has 1 unspecified atom stereocenters. The molecule has 2 heteroatoms. The first kappa shape index (κ1) is 10.2. The maximum Gasteiger partial charge on any atom is 0.166 e. The molecule has 1 aliphatic rings. The second kappa shape index (κ2) is 4.05. The molecule has 0 amide bonds. The van der Waals surface area contributed by atoms with Crippen LogP contribution in [0, 0.1) is 5.92 Å². The van der Waals surface area contributed by atoms with Crippen molar-refractivity contribution in [3.05, 3.63) is 29.3 Å². The molecule has 0 radical (unpaired) electrons. The van der Waals surface area contributed by atoms with Gasteiger partial charge < -0.3 is 4.74 Å². The summed E-state index contributed by atoms with van der Waals surface area (Å²) in [6.45, 7) is 4.76. The van der Waals surface area contributed by atoms with Gasteiger partial charge in [0.05, 0.1) is 6.61 Å². The van der Waals surface area contributed by atoms with Gasteiger partial charge in [-0.1, -0.05) is 19.9 Å². The summed E-state index contributed by atoms with van der Waals surface area (Å²) < 4.78 is 5.51. The Morgan fingerprint density at radius 1 is 1.47 bits per heavy atom. The highest BCUT2D eigenvalue weighted by atomic mass is 16.5. The van der Waals surface area contributed by atoms with Gasteiger partial charge >= 0.3 is 0 Å². The van der Waals surface area contributed by atoms with Crippen LogP contribution in [0.25, 0.3) is 0 Å². The van der Waals surface area contributed by atoms with E-state index < -0.39 is 0 Å². The Hall–Kier alpha value is -1.31. The molecular weight excluding hydrogens is 188 g/mol. The standard InChI is InChI=1S/C13H16O2/c1-3-6-15-11-5-4-10-7-9(2)13(14)12(10)8-11/h4-5,8-9H,3,6-7H2,1-2H3. The van der Waals surface area contributed by atoms with E-state index in [0.29, 0.717) is 6.61 Å². The Bertz CT molecular complexity index is 382. The Morgan fingerprint density at radius 3 is 3.00 bits per heavy atom. The average Bonchev–Trinajstić information content (AvgIpc) is 2.52. The summed E-state index contributed by atoms with van der Waals surface area (Å²) in [4.78, 5) is 11.8. The summed E-state index contributed by atoms with van der Waals surface area (Å²) in [5.74, 6) is 1.21. The fourth-order valence-corrected chi connectivity index (χ4v) is 1.96. The van der Waals surface area contributed by atoms with E-state index in [2.05, 4.69) is 6.92 Å². The van der Waals surface area contributed by atoms with Crippen LogP contribution in [-0.4, -0.2) is 12.4 Å². The van der Waals surface area contributed by atoms with E-state index in [0.717, 1.165) is 29.7 Å². The number of fused-ring (bicyclic) bond motifs is 1. The fraction of sp³-hybridized carbons (Fsp3) is 0.462. The number of hydrogen-bond donors (Lipinski definition) is 0. The van der Waals surface area contributed by atoms with Crippen molar-refractivity contribution in [1.29, 1.82) is 0 Å². The minimum atomic E-state index is 0.140. The number of rotatable bonds is 3. The summed E-state index contributed by atoms with van der Waals surface area (Å²) in [7, 11) is 0. The van der Waals surface area contributed by atoms with Gasteiger partial charge in [0.2, 0.25) is 0 Å². The zero-order chi connectivity index (χ0) is 10.8. The number of benzene rings is 1. The summed E-state index contributed by atoms with van der Waals surface area (Å²) in [5, 5.41) is 0. The molecule has 0 saturated heterocycles. The van der Waals surface area contributed by atoms with Gasteiger partial charge in [-0.15, -0.1) is 0 Å². The molecule has 2 nitrogen and oxygen atoms in total. The van der Waals surface area contributed by atoms with Crippen LogP contribution in [0.4, 0.5) is 0 Å². The highest BCUT2D eigenvalue weighted by Gasteiger charge is 2.26. The Morgan fingerprint density at radius 2 is 2.27 bits per heavy atom. The largest absolute Gasteiger partial charge is 0.494 e. The second-order valence-electron chi connectivity index (χ2n) is 4.14. The second-order valence-corrected chi connectivity index (χ2v) is 4.14. The number of ketones is 1. The number of ether oxygens (including phenoxy) is 1.